The number of rotatable bonds is 8. The van der Waals surface area contributed by atoms with Crippen LogP contribution in [-0.2, 0) is 0 Å². The summed E-state index contributed by atoms with van der Waals surface area (Å²) >= 11 is 0. The molecule has 0 radical (unpaired) electrons. The molecule has 3 rings (SSSR count). The molecule has 0 bridgehead atoms. The Kier molecular flexibility index (Phi) is 4.94. The molecule has 1 atom stereocenters. The molecule has 2 aromatic rings. The third-order valence-corrected chi connectivity index (χ3v) is 3.88. The predicted octanol–water partition coefficient (Wildman–Crippen LogP) is 2.11. The van der Waals surface area contributed by atoms with Crippen LogP contribution in [0.1, 0.15) is 24.4 Å². The molecule has 9 nitrogen and oxygen atoms in total. The Morgan fingerprint density at radius 1 is 1.44 bits per heavy atom. The first-order valence-electron chi connectivity index (χ1n) is 7.90. The van der Waals surface area contributed by atoms with Crippen LogP contribution in [0.2, 0.25) is 0 Å². The zero-order chi connectivity index (χ0) is 17.8. The van der Waals surface area contributed by atoms with Crippen molar-refractivity contribution in [2.75, 3.05) is 24.4 Å². The first-order chi connectivity index (χ1) is 12.1. The average molecular weight is 345 g/mol. The van der Waals surface area contributed by atoms with Gasteiger partial charge < -0.3 is 20.5 Å². The van der Waals surface area contributed by atoms with Gasteiger partial charge in [0.15, 0.2) is 0 Å². The molecule has 132 valence electrons. The van der Waals surface area contributed by atoms with Crippen molar-refractivity contribution >= 4 is 17.5 Å². The number of nitro groups is 1. The Labute approximate surface area is 144 Å². The zero-order valence-electron chi connectivity index (χ0n) is 13.7. The molecule has 1 saturated carbocycles. The molecule has 1 heterocycles. The van der Waals surface area contributed by atoms with Crippen LogP contribution in [0.5, 0.6) is 5.75 Å². The van der Waals surface area contributed by atoms with Gasteiger partial charge >= 0.3 is 5.69 Å². The molecule has 1 aromatic heterocycles. The highest BCUT2D eigenvalue weighted by Crippen LogP contribution is 2.31. The zero-order valence-corrected chi connectivity index (χ0v) is 13.7. The number of nitrogens with one attached hydrogen (secondary N) is 2. The highest BCUT2D eigenvalue weighted by Gasteiger charge is 2.27. The Hall–Kier alpha value is -2.94. The van der Waals surface area contributed by atoms with E-state index < -0.39 is 11.0 Å². The lowest BCUT2D eigenvalue weighted by Gasteiger charge is -2.19. The van der Waals surface area contributed by atoms with Crippen LogP contribution in [0, 0.1) is 10.1 Å². The van der Waals surface area contributed by atoms with Gasteiger partial charge in [0, 0.05) is 11.6 Å². The van der Waals surface area contributed by atoms with Crippen LogP contribution in [0.15, 0.2) is 30.5 Å². The van der Waals surface area contributed by atoms with Crippen LogP contribution >= 0.6 is 0 Å². The number of nitrogens with zero attached hydrogens (tertiary/aromatic N) is 3. The predicted molar refractivity (Wildman–Crippen MR) is 91.8 cm³/mol. The first-order valence-corrected chi connectivity index (χ1v) is 7.90. The number of aliphatic hydroxyl groups excluding tert-OH is 1. The lowest BCUT2D eigenvalue weighted by atomic mass is 10.1. The molecule has 1 aliphatic carbocycles. The monoisotopic (exact) mass is 345 g/mol. The Morgan fingerprint density at radius 2 is 2.20 bits per heavy atom. The van der Waals surface area contributed by atoms with E-state index in [-0.39, 0.29) is 30.1 Å². The lowest BCUT2D eigenvalue weighted by Crippen LogP contribution is -2.18. The minimum Gasteiger partial charge on any atom is -0.496 e. The second kappa shape index (κ2) is 7.31. The second-order valence-corrected chi connectivity index (χ2v) is 5.72. The Balaban J connectivity index is 1.86. The second-order valence-electron chi connectivity index (χ2n) is 5.72. The summed E-state index contributed by atoms with van der Waals surface area (Å²) in [5.41, 5.74) is 0.571. The SMILES string of the molecule is COc1ccccc1[C@@H](CO)Nc1ncc([N+](=O)[O-])c(NC2CC2)n1. The van der Waals surface area contributed by atoms with Crippen LogP contribution in [0.25, 0.3) is 0 Å². The van der Waals surface area contributed by atoms with E-state index in [0.717, 1.165) is 24.6 Å². The van der Waals surface area contributed by atoms with Crippen molar-refractivity contribution in [2.45, 2.75) is 24.9 Å². The Morgan fingerprint density at radius 3 is 2.84 bits per heavy atom. The molecule has 0 aliphatic heterocycles. The van der Waals surface area contributed by atoms with Crippen molar-refractivity contribution in [3.05, 3.63) is 46.1 Å². The fraction of sp³-hybridized carbons (Fsp3) is 0.375. The van der Waals surface area contributed by atoms with Gasteiger partial charge in [-0.15, -0.1) is 0 Å². The number of hydrogen-bond donors (Lipinski definition) is 3. The van der Waals surface area contributed by atoms with Gasteiger partial charge in [0.05, 0.1) is 24.7 Å². The fourth-order valence-electron chi connectivity index (χ4n) is 2.44. The van der Waals surface area contributed by atoms with E-state index in [0.29, 0.717) is 5.75 Å². The van der Waals surface area contributed by atoms with E-state index in [1.807, 2.05) is 18.2 Å². The summed E-state index contributed by atoms with van der Waals surface area (Å²) < 4.78 is 5.31. The number of methoxy groups -OCH3 is 1. The van der Waals surface area contributed by atoms with Crippen molar-refractivity contribution in [3.8, 4) is 5.75 Å². The normalized spacial score (nSPS) is 14.6. The molecule has 25 heavy (non-hydrogen) atoms. The molecular formula is C16H19N5O4. The number of anilines is 2. The molecule has 9 heteroatoms. The first kappa shape index (κ1) is 16.9. The third-order valence-electron chi connectivity index (χ3n) is 3.88. The summed E-state index contributed by atoms with van der Waals surface area (Å²) in [7, 11) is 1.55. The van der Waals surface area contributed by atoms with Crippen molar-refractivity contribution < 1.29 is 14.8 Å². The van der Waals surface area contributed by atoms with Gasteiger partial charge in [0.25, 0.3) is 0 Å². The van der Waals surface area contributed by atoms with Gasteiger partial charge in [-0.2, -0.15) is 4.98 Å². The molecule has 0 amide bonds. The van der Waals surface area contributed by atoms with Gasteiger partial charge in [0.2, 0.25) is 11.8 Å². The highest BCUT2D eigenvalue weighted by atomic mass is 16.6. The summed E-state index contributed by atoms with van der Waals surface area (Å²) in [6.45, 7) is -0.216. The molecule has 0 saturated heterocycles. The maximum absolute atomic E-state index is 11.1. The maximum Gasteiger partial charge on any atom is 0.329 e. The van der Waals surface area contributed by atoms with Crippen molar-refractivity contribution in [3.63, 3.8) is 0 Å². The van der Waals surface area contributed by atoms with Crippen LogP contribution in [0.3, 0.4) is 0 Å². The van der Waals surface area contributed by atoms with E-state index >= 15 is 0 Å². The topological polar surface area (TPSA) is 122 Å². The largest absolute Gasteiger partial charge is 0.496 e. The van der Waals surface area contributed by atoms with Crippen molar-refractivity contribution in [1.82, 2.24) is 9.97 Å². The standard InChI is InChI=1S/C16H19N5O4/c1-25-14-5-3-2-4-11(14)12(9-22)19-16-17-8-13(21(23)24)15(20-16)18-10-6-7-10/h2-5,8,10,12,22H,6-7,9H2,1H3,(H2,17,18,19,20)/t12-/m1/s1. The van der Waals surface area contributed by atoms with Gasteiger partial charge in [-0.3, -0.25) is 10.1 Å². The van der Waals surface area contributed by atoms with Gasteiger partial charge in [-0.1, -0.05) is 18.2 Å². The number of aliphatic hydroxyl groups is 1. The lowest BCUT2D eigenvalue weighted by molar-refractivity contribution is -0.384. The molecule has 3 N–H and O–H groups in total. The summed E-state index contributed by atoms with van der Waals surface area (Å²) in [4.78, 5) is 18.8. The quantitative estimate of drug-likeness (QED) is 0.491. The van der Waals surface area contributed by atoms with Gasteiger partial charge in [0.1, 0.15) is 11.9 Å². The van der Waals surface area contributed by atoms with E-state index in [2.05, 4.69) is 20.6 Å². The van der Waals surface area contributed by atoms with Gasteiger partial charge in [-0.25, -0.2) is 4.98 Å². The van der Waals surface area contributed by atoms with Crippen LogP contribution < -0.4 is 15.4 Å². The van der Waals surface area contributed by atoms with Crippen molar-refractivity contribution in [2.24, 2.45) is 0 Å². The summed E-state index contributed by atoms with van der Waals surface area (Å²) in [5, 5.41) is 26.9. The smallest absolute Gasteiger partial charge is 0.329 e. The number of hydrogen-bond acceptors (Lipinski definition) is 8. The molecule has 0 spiro atoms. The highest BCUT2D eigenvalue weighted by molar-refractivity contribution is 5.58. The molecule has 0 unspecified atom stereocenters. The fourth-order valence-corrected chi connectivity index (χ4v) is 2.44. The summed E-state index contributed by atoms with van der Waals surface area (Å²) in [6.07, 6.45) is 3.09. The molecule has 1 aromatic carbocycles. The number of aromatic nitrogens is 2. The number of para-hydroxylation sites is 1. The Bertz CT molecular complexity index is 766. The summed E-state index contributed by atoms with van der Waals surface area (Å²) in [5.74, 6) is 0.993. The molecule has 1 fully saturated rings. The average Bonchev–Trinajstić information content (AvgIpc) is 3.43. The summed E-state index contributed by atoms with van der Waals surface area (Å²) in [6, 6.07) is 6.98. The maximum atomic E-state index is 11.1. The van der Waals surface area contributed by atoms with E-state index in [4.69, 9.17) is 4.74 Å². The molecule has 1 aliphatic rings. The third kappa shape index (κ3) is 3.94. The van der Waals surface area contributed by atoms with E-state index in [1.165, 1.54) is 0 Å². The van der Waals surface area contributed by atoms with E-state index in [1.54, 1.807) is 13.2 Å². The minimum absolute atomic E-state index is 0.171. The van der Waals surface area contributed by atoms with E-state index in [9.17, 15) is 15.2 Å². The minimum atomic E-state index is -0.516. The van der Waals surface area contributed by atoms with Crippen LogP contribution in [-0.4, -0.2) is 39.8 Å². The molecular weight excluding hydrogens is 326 g/mol. The van der Waals surface area contributed by atoms with Gasteiger partial charge in [-0.05, 0) is 18.9 Å². The number of ether oxygens (including phenoxy) is 1. The van der Waals surface area contributed by atoms with Crippen molar-refractivity contribution in [1.29, 1.82) is 0 Å². The number of benzene rings is 1. The van der Waals surface area contributed by atoms with Crippen LogP contribution in [0.4, 0.5) is 17.5 Å².